The third-order valence-corrected chi connectivity index (χ3v) is 5.08. The molecular weight excluding hydrogens is 334 g/mol. The van der Waals surface area contributed by atoms with Crippen molar-refractivity contribution in [3.8, 4) is 0 Å². The number of carbonyl (C=O) groups is 1. The molecule has 1 amide bonds. The van der Waals surface area contributed by atoms with Gasteiger partial charge in [0.15, 0.2) is 0 Å². The average molecular weight is 354 g/mol. The molecule has 8 heteroatoms. The summed E-state index contributed by atoms with van der Waals surface area (Å²) in [6.45, 7) is 2.40. The van der Waals surface area contributed by atoms with Crippen molar-refractivity contribution < 1.29 is 4.79 Å². The van der Waals surface area contributed by atoms with Gasteiger partial charge in [0, 0.05) is 25.2 Å². The Balaban J connectivity index is 0.00000156. The second-order valence-corrected chi connectivity index (χ2v) is 6.68. The van der Waals surface area contributed by atoms with Crippen LogP contribution in [0, 0.1) is 0 Å². The Morgan fingerprint density at radius 3 is 3.09 bits per heavy atom. The van der Waals surface area contributed by atoms with Crippen LogP contribution in [0.25, 0.3) is 0 Å². The van der Waals surface area contributed by atoms with Crippen molar-refractivity contribution in [2.75, 3.05) is 25.0 Å². The van der Waals surface area contributed by atoms with Crippen molar-refractivity contribution in [1.29, 1.82) is 0 Å². The normalized spacial score (nSPS) is 25.2. The van der Waals surface area contributed by atoms with E-state index in [9.17, 15) is 4.79 Å². The van der Waals surface area contributed by atoms with Gasteiger partial charge in [-0.1, -0.05) is 6.07 Å². The van der Waals surface area contributed by atoms with E-state index in [2.05, 4.69) is 24.3 Å². The lowest BCUT2D eigenvalue weighted by molar-refractivity contribution is -0.117. The monoisotopic (exact) mass is 353 g/mol. The number of anilines is 1. The maximum Gasteiger partial charge on any atom is 0.238 e. The maximum absolute atomic E-state index is 12.3. The summed E-state index contributed by atoms with van der Waals surface area (Å²) in [5.41, 5.74) is 2.36. The first-order valence-electron chi connectivity index (χ1n) is 7.77. The van der Waals surface area contributed by atoms with E-state index in [1.165, 1.54) is 24.2 Å². The van der Waals surface area contributed by atoms with Crippen LogP contribution < -0.4 is 10.6 Å². The number of likely N-dealkylation sites (tertiary alicyclic amines) is 1. The van der Waals surface area contributed by atoms with E-state index >= 15 is 0 Å². The van der Waals surface area contributed by atoms with Crippen LogP contribution in [0.5, 0.6) is 0 Å². The van der Waals surface area contributed by atoms with Crippen molar-refractivity contribution in [2.45, 2.75) is 31.3 Å². The molecule has 2 unspecified atom stereocenters. The SMILES string of the molecule is Cl.O=C(CN1CCC2CCC(C1)N2)Nc1cccc2c1N=S=N2. The molecule has 0 aliphatic carbocycles. The number of carbonyl (C=O) groups excluding carboxylic acids is 1. The van der Waals surface area contributed by atoms with Gasteiger partial charge in [0.05, 0.1) is 23.6 Å². The molecule has 3 heterocycles. The van der Waals surface area contributed by atoms with Gasteiger partial charge >= 0.3 is 0 Å². The standard InChI is InChI=1S/C15H19N5OS.ClH/c21-14(9-20-7-6-10-4-5-11(8-20)16-10)17-12-2-1-3-13-15(12)19-22-18-13;/h1-3,10-11,16H,4-9H2,(H,17,21);1H. The lowest BCUT2D eigenvalue weighted by atomic mass is 10.1. The van der Waals surface area contributed by atoms with Gasteiger partial charge in [0.1, 0.15) is 11.4 Å². The summed E-state index contributed by atoms with van der Waals surface area (Å²) in [7, 11) is 0. The number of nitrogens with one attached hydrogen (secondary N) is 2. The second kappa shape index (κ2) is 7.09. The summed E-state index contributed by atoms with van der Waals surface area (Å²) < 4.78 is 8.46. The van der Waals surface area contributed by atoms with E-state index in [4.69, 9.17) is 0 Å². The number of halogens is 1. The highest BCUT2D eigenvalue weighted by Gasteiger charge is 2.29. The number of nitrogens with zero attached hydrogens (tertiary/aromatic N) is 3. The average Bonchev–Trinajstić information content (AvgIpc) is 3.08. The first kappa shape index (κ1) is 16.6. The highest BCUT2D eigenvalue weighted by Crippen LogP contribution is 2.38. The molecule has 0 spiro atoms. The molecule has 1 aromatic rings. The summed E-state index contributed by atoms with van der Waals surface area (Å²) in [4.78, 5) is 14.6. The van der Waals surface area contributed by atoms with E-state index in [-0.39, 0.29) is 18.3 Å². The number of rotatable bonds is 3. The Labute approximate surface area is 145 Å². The Bertz CT molecular complexity index is 676. The summed E-state index contributed by atoms with van der Waals surface area (Å²) in [5.74, 6) is 0.0262. The zero-order chi connectivity index (χ0) is 14.9. The molecule has 1 aromatic carbocycles. The fourth-order valence-electron chi connectivity index (χ4n) is 3.46. The summed E-state index contributed by atoms with van der Waals surface area (Å²) in [6.07, 6.45) is 3.64. The minimum Gasteiger partial charge on any atom is -0.323 e. The topological polar surface area (TPSA) is 69.1 Å². The van der Waals surface area contributed by atoms with Crippen LogP contribution in [-0.2, 0) is 16.1 Å². The van der Waals surface area contributed by atoms with Gasteiger partial charge in [-0.15, -0.1) is 12.4 Å². The molecule has 124 valence electrons. The molecular formula is C15H20ClN5OS. The fraction of sp³-hybridized carbons (Fsp3) is 0.533. The molecule has 0 aromatic heterocycles. The van der Waals surface area contributed by atoms with Gasteiger partial charge in [-0.3, -0.25) is 9.69 Å². The highest BCUT2D eigenvalue weighted by molar-refractivity contribution is 7.58. The molecule has 6 nitrogen and oxygen atoms in total. The van der Waals surface area contributed by atoms with Crippen LogP contribution in [0.4, 0.5) is 17.1 Å². The van der Waals surface area contributed by atoms with Gasteiger partial charge in [-0.25, -0.2) is 0 Å². The highest BCUT2D eigenvalue weighted by atomic mass is 35.5. The Kier molecular flexibility index (Phi) is 5.11. The molecule has 3 aliphatic heterocycles. The first-order valence-corrected chi connectivity index (χ1v) is 8.50. The van der Waals surface area contributed by atoms with Crippen molar-refractivity contribution in [2.24, 2.45) is 8.73 Å². The van der Waals surface area contributed by atoms with Crippen LogP contribution in [-0.4, -0.2) is 42.5 Å². The van der Waals surface area contributed by atoms with Crippen molar-refractivity contribution in [1.82, 2.24) is 10.2 Å². The van der Waals surface area contributed by atoms with Crippen LogP contribution in [0.3, 0.4) is 0 Å². The van der Waals surface area contributed by atoms with Crippen molar-refractivity contribution >= 4 is 46.7 Å². The molecule has 0 saturated carbocycles. The van der Waals surface area contributed by atoms with Gasteiger partial charge in [-0.2, -0.15) is 8.73 Å². The van der Waals surface area contributed by atoms with E-state index in [1.54, 1.807) is 0 Å². The van der Waals surface area contributed by atoms with E-state index < -0.39 is 0 Å². The summed E-state index contributed by atoms with van der Waals surface area (Å²) in [6, 6.07) is 6.88. The Hall–Kier alpha value is -1.28. The summed E-state index contributed by atoms with van der Waals surface area (Å²) >= 11 is 1.17. The minimum atomic E-state index is 0. The van der Waals surface area contributed by atoms with Crippen LogP contribution in [0.15, 0.2) is 26.9 Å². The van der Waals surface area contributed by atoms with Crippen molar-refractivity contribution in [3.63, 3.8) is 0 Å². The maximum atomic E-state index is 12.3. The number of hydrogen-bond donors (Lipinski definition) is 2. The van der Waals surface area contributed by atoms with E-state index in [0.717, 1.165) is 36.6 Å². The number of amides is 1. The zero-order valence-corrected chi connectivity index (χ0v) is 14.3. The smallest absolute Gasteiger partial charge is 0.238 e. The third-order valence-electron chi connectivity index (χ3n) is 4.53. The minimum absolute atomic E-state index is 0. The molecule has 4 rings (SSSR count). The molecule has 2 N–H and O–H groups in total. The summed E-state index contributed by atoms with van der Waals surface area (Å²) in [5, 5.41) is 6.62. The fourth-order valence-corrected chi connectivity index (χ4v) is 4.01. The van der Waals surface area contributed by atoms with E-state index in [0.29, 0.717) is 18.6 Å². The van der Waals surface area contributed by atoms with Gasteiger partial charge in [0.2, 0.25) is 5.91 Å². The number of benzene rings is 1. The zero-order valence-electron chi connectivity index (χ0n) is 12.7. The van der Waals surface area contributed by atoms with Crippen molar-refractivity contribution in [3.05, 3.63) is 18.2 Å². The Morgan fingerprint density at radius 2 is 2.17 bits per heavy atom. The predicted octanol–water partition coefficient (Wildman–Crippen LogP) is 2.60. The van der Waals surface area contributed by atoms with Crippen LogP contribution in [0.1, 0.15) is 19.3 Å². The Morgan fingerprint density at radius 1 is 1.30 bits per heavy atom. The van der Waals surface area contributed by atoms with Crippen LogP contribution >= 0.6 is 12.4 Å². The number of fused-ring (bicyclic) bond motifs is 3. The molecule has 2 bridgehead atoms. The first-order chi connectivity index (χ1) is 10.8. The van der Waals surface area contributed by atoms with Gasteiger partial charge < -0.3 is 10.6 Å². The molecule has 23 heavy (non-hydrogen) atoms. The second-order valence-electron chi connectivity index (χ2n) is 6.15. The lowest BCUT2D eigenvalue weighted by Crippen LogP contribution is -2.39. The van der Waals surface area contributed by atoms with Crippen LogP contribution in [0.2, 0.25) is 0 Å². The molecule has 2 fully saturated rings. The third kappa shape index (κ3) is 3.63. The van der Waals surface area contributed by atoms with E-state index in [1.807, 2.05) is 18.2 Å². The predicted molar refractivity (Wildman–Crippen MR) is 94.9 cm³/mol. The number of hydrogen-bond acceptors (Lipinski definition) is 5. The largest absolute Gasteiger partial charge is 0.323 e. The lowest BCUT2D eigenvalue weighted by Gasteiger charge is -2.23. The molecule has 3 aliphatic rings. The molecule has 2 saturated heterocycles. The van der Waals surface area contributed by atoms with Gasteiger partial charge in [-0.05, 0) is 31.4 Å². The quantitative estimate of drug-likeness (QED) is 0.891. The molecule has 0 radical (unpaired) electrons. The van der Waals surface area contributed by atoms with Gasteiger partial charge in [0.25, 0.3) is 0 Å². The molecule has 2 atom stereocenters.